The van der Waals surface area contributed by atoms with Crippen molar-refractivity contribution in [3.05, 3.63) is 47.7 Å². The molecular formula is C17H22N8O2S. The molecule has 0 saturated carbocycles. The molecule has 0 aliphatic heterocycles. The van der Waals surface area contributed by atoms with Gasteiger partial charge in [0.05, 0.1) is 11.4 Å². The fourth-order valence-corrected chi connectivity index (χ4v) is 4.07. The van der Waals surface area contributed by atoms with Gasteiger partial charge in [-0.3, -0.25) is 5.10 Å². The molecule has 0 fully saturated rings. The first-order chi connectivity index (χ1) is 13.3. The molecule has 0 unspecified atom stereocenters. The van der Waals surface area contributed by atoms with Crippen LogP contribution in [0.15, 0.2) is 35.4 Å². The van der Waals surface area contributed by atoms with Crippen molar-refractivity contribution in [1.82, 2.24) is 29.9 Å². The molecule has 28 heavy (non-hydrogen) atoms. The zero-order valence-corrected chi connectivity index (χ0v) is 16.6. The lowest BCUT2D eigenvalue weighted by Gasteiger charge is -2.11. The second-order valence-electron chi connectivity index (χ2n) is 6.11. The van der Waals surface area contributed by atoms with E-state index >= 15 is 0 Å². The number of hydrogen-bond donors (Lipinski definition) is 4. The van der Waals surface area contributed by atoms with Crippen molar-refractivity contribution in [2.75, 3.05) is 23.7 Å². The predicted octanol–water partition coefficient (Wildman–Crippen LogP) is 1.65. The molecule has 0 aromatic carbocycles. The largest absolute Gasteiger partial charge is 0.369 e. The summed E-state index contributed by atoms with van der Waals surface area (Å²) in [6.07, 6.45) is 1.69. The number of nitrogens with one attached hydrogen (secondary N) is 4. The second kappa shape index (κ2) is 8.31. The van der Waals surface area contributed by atoms with E-state index in [0.717, 1.165) is 0 Å². The van der Waals surface area contributed by atoms with Crippen LogP contribution in [0.1, 0.15) is 17.2 Å². The summed E-state index contributed by atoms with van der Waals surface area (Å²) in [6, 6.07) is 7.27. The molecule has 11 heteroatoms. The molecule has 0 saturated heterocycles. The number of rotatable bonds is 8. The summed E-state index contributed by atoms with van der Waals surface area (Å²) < 4.78 is 27.4. The second-order valence-corrected chi connectivity index (χ2v) is 7.82. The molecule has 3 rings (SSSR count). The molecule has 0 aliphatic rings. The Labute approximate surface area is 163 Å². The van der Waals surface area contributed by atoms with Crippen LogP contribution in [-0.4, -0.2) is 46.7 Å². The summed E-state index contributed by atoms with van der Waals surface area (Å²) in [5, 5.41) is 12.8. The SMILES string of the molecule is Cc1nc(NCCNS(=O)(=O)c2c(C)n[nH]c2C)cc(Nc2ccccn2)n1. The van der Waals surface area contributed by atoms with E-state index in [1.54, 1.807) is 33.0 Å². The Kier molecular flexibility index (Phi) is 5.85. The molecule has 10 nitrogen and oxygen atoms in total. The van der Waals surface area contributed by atoms with Crippen LogP contribution in [0, 0.1) is 20.8 Å². The van der Waals surface area contributed by atoms with Crippen LogP contribution in [0.2, 0.25) is 0 Å². The van der Waals surface area contributed by atoms with Gasteiger partial charge in [-0.05, 0) is 32.9 Å². The van der Waals surface area contributed by atoms with E-state index in [0.29, 0.717) is 41.2 Å². The van der Waals surface area contributed by atoms with Crippen molar-refractivity contribution < 1.29 is 8.42 Å². The quantitative estimate of drug-likeness (QED) is 0.417. The highest BCUT2D eigenvalue weighted by Gasteiger charge is 2.21. The Bertz CT molecular complexity index is 1030. The van der Waals surface area contributed by atoms with Crippen LogP contribution in [0.4, 0.5) is 17.5 Å². The van der Waals surface area contributed by atoms with Gasteiger partial charge in [0, 0.05) is 25.4 Å². The minimum atomic E-state index is -3.63. The van der Waals surface area contributed by atoms with Gasteiger partial charge in [-0.2, -0.15) is 5.10 Å². The van der Waals surface area contributed by atoms with Crippen LogP contribution in [-0.2, 0) is 10.0 Å². The van der Waals surface area contributed by atoms with Gasteiger partial charge in [0.2, 0.25) is 10.0 Å². The zero-order valence-electron chi connectivity index (χ0n) is 15.8. The van der Waals surface area contributed by atoms with Crippen molar-refractivity contribution in [2.24, 2.45) is 0 Å². The van der Waals surface area contributed by atoms with Crippen molar-refractivity contribution in [2.45, 2.75) is 25.7 Å². The first-order valence-electron chi connectivity index (χ1n) is 8.64. The lowest BCUT2D eigenvalue weighted by molar-refractivity contribution is 0.581. The van der Waals surface area contributed by atoms with Crippen molar-refractivity contribution in [3.8, 4) is 0 Å². The van der Waals surface area contributed by atoms with Gasteiger partial charge < -0.3 is 10.6 Å². The summed E-state index contributed by atoms with van der Waals surface area (Å²) in [4.78, 5) is 13.0. The molecule has 3 heterocycles. The van der Waals surface area contributed by atoms with Gasteiger partial charge in [0.25, 0.3) is 0 Å². The average Bonchev–Trinajstić information content (AvgIpc) is 2.98. The molecule has 0 radical (unpaired) electrons. The molecule has 0 aliphatic carbocycles. The van der Waals surface area contributed by atoms with Gasteiger partial charge in [-0.25, -0.2) is 28.1 Å². The van der Waals surface area contributed by atoms with E-state index in [1.807, 2.05) is 18.2 Å². The molecule has 0 atom stereocenters. The van der Waals surface area contributed by atoms with Crippen molar-refractivity contribution in [3.63, 3.8) is 0 Å². The highest BCUT2D eigenvalue weighted by molar-refractivity contribution is 7.89. The predicted molar refractivity (Wildman–Crippen MR) is 106 cm³/mol. The Morgan fingerprint density at radius 3 is 2.50 bits per heavy atom. The third-order valence-corrected chi connectivity index (χ3v) is 5.53. The number of H-pyrrole nitrogens is 1. The maximum absolute atomic E-state index is 12.4. The van der Waals surface area contributed by atoms with Crippen LogP contribution in [0.25, 0.3) is 0 Å². The number of aromatic nitrogens is 5. The Balaban J connectivity index is 1.59. The lowest BCUT2D eigenvalue weighted by atomic mass is 10.4. The first kappa shape index (κ1) is 19.7. The Morgan fingerprint density at radius 2 is 1.82 bits per heavy atom. The number of pyridine rings is 1. The summed E-state index contributed by atoms with van der Waals surface area (Å²) in [7, 11) is -3.63. The van der Waals surface area contributed by atoms with Crippen LogP contribution >= 0.6 is 0 Å². The average molecular weight is 402 g/mol. The first-order valence-corrected chi connectivity index (χ1v) is 10.1. The third-order valence-electron chi connectivity index (χ3n) is 3.81. The molecule has 0 bridgehead atoms. The zero-order chi connectivity index (χ0) is 20.1. The molecule has 148 valence electrons. The molecular weight excluding hydrogens is 380 g/mol. The smallest absolute Gasteiger partial charge is 0.244 e. The van der Waals surface area contributed by atoms with Gasteiger partial charge in [-0.1, -0.05) is 6.07 Å². The standard InChI is InChI=1S/C17H22N8O2S/c1-11-17(12(2)25-24-11)28(26,27)20-9-8-19-15-10-16(22-13(3)21-15)23-14-6-4-5-7-18-14/h4-7,10,20H,8-9H2,1-3H3,(H,24,25)(H2,18,19,21,22,23). The monoisotopic (exact) mass is 402 g/mol. The van der Waals surface area contributed by atoms with Crippen LogP contribution in [0.5, 0.6) is 0 Å². The van der Waals surface area contributed by atoms with Gasteiger partial charge in [0.1, 0.15) is 28.2 Å². The number of hydrogen-bond acceptors (Lipinski definition) is 8. The highest BCUT2D eigenvalue weighted by atomic mass is 32.2. The van der Waals surface area contributed by atoms with Crippen LogP contribution in [0.3, 0.4) is 0 Å². The number of aromatic amines is 1. The molecule has 3 aromatic heterocycles. The topological polar surface area (TPSA) is 138 Å². The summed E-state index contributed by atoms with van der Waals surface area (Å²) in [5.74, 6) is 2.43. The number of aryl methyl sites for hydroxylation is 3. The fraction of sp³-hybridized carbons (Fsp3) is 0.294. The van der Waals surface area contributed by atoms with Gasteiger partial charge >= 0.3 is 0 Å². The lowest BCUT2D eigenvalue weighted by Crippen LogP contribution is -2.29. The molecule has 3 aromatic rings. The van der Waals surface area contributed by atoms with E-state index in [9.17, 15) is 8.42 Å². The minimum Gasteiger partial charge on any atom is -0.369 e. The van der Waals surface area contributed by atoms with Crippen molar-refractivity contribution in [1.29, 1.82) is 0 Å². The summed E-state index contributed by atoms with van der Waals surface area (Å²) in [5.41, 5.74) is 0.948. The molecule has 0 amide bonds. The van der Waals surface area contributed by atoms with Gasteiger partial charge in [0.15, 0.2) is 0 Å². The van der Waals surface area contributed by atoms with E-state index < -0.39 is 10.0 Å². The third kappa shape index (κ3) is 4.81. The number of anilines is 3. The number of nitrogens with zero attached hydrogens (tertiary/aromatic N) is 4. The van der Waals surface area contributed by atoms with Gasteiger partial charge in [-0.15, -0.1) is 0 Å². The minimum absolute atomic E-state index is 0.187. The Hall–Kier alpha value is -3.05. The normalized spacial score (nSPS) is 11.4. The Morgan fingerprint density at radius 1 is 1.04 bits per heavy atom. The van der Waals surface area contributed by atoms with E-state index in [-0.39, 0.29) is 11.4 Å². The van der Waals surface area contributed by atoms with E-state index in [2.05, 4.69) is 40.5 Å². The van der Waals surface area contributed by atoms with Crippen molar-refractivity contribution >= 4 is 27.5 Å². The van der Waals surface area contributed by atoms with Crippen LogP contribution < -0.4 is 15.4 Å². The highest BCUT2D eigenvalue weighted by Crippen LogP contribution is 2.17. The maximum atomic E-state index is 12.4. The number of sulfonamides is 1. The summed E-state index contributed by atoms with van der Waals surface area (Å²) >= 11 is 0. The summed E-state index contributed by atoms with van der Waals surface area (Å²) in [6.45, 7) is 5.65. The fourth-order valence-electron chi connectivity index (χ4n) is 2.67. The molecule has 0 spiro atoms. The molecule has 4 N–H and O–H groups in total. The maximum Gasteiger partial charge on any atom is 0.244 e. The van der Waals surface area contributed by atoms with E-state index in [4.69, 9.17) is 0 Å². The van der Waals surface area contributed by atoms with E-state index in [1.165, 1.54) is 0 Å².